The number of rotatable bonds is 1. The SMILES string of the molecule is CC1=[C-]CC=C1C.[Cl-].[Cl-].[Zr+4].c1ccc2[cH-]c(-p3cccn3)cc2c1. The van der Waals surface area contributed by atoms with E-state index < -0.39 is 7.69 Å². The van der Waals surface area contributed by atoms with Crippen molar-refractivity contribution in [2.45, 2.75) is 20.3 Å². The summed E-state index contributed by atoms with van der Waals surface area (Å²) in [5.74, 6) is 2.18. The summed E-state index contributed by atoms with van der Waals surface area (Å²) in [6.07, 6.45) is 8.30. The minimum atomic E-state index is -0.398. The van der Waals surface area contributed by atoms with Crippen LogP contribution in [0.1, 0.15) is 20.3 Å². The molecule has 0 fully saturated rings. The van der Waals surface area contributed by atoms with E-state index in [0.717, 1.165) is 6.42 Å². The Labute approximate surface area is 176 Å². The number of aromatic nitrogens is 1. The molecule has 5 heteroatoms. The van der Waals surface area contributed by atoms with Crippen molar-refractivity contribution in [1.29, 1.82) is 0 Å². The molecule has 122 valence electrons. The van der Waals surface area contributed by atoms with Gasteiger partial charge in [0.25, 0.3) is 0 Å². The monoisotopic (exact) mass is 451 g/mol. The average molecular weight is 453 g/mol. The number of fused-ring (bicyclic) bond motifs is 1. The molecule has 1 atom stereocenters. The zero-order valence-electron chi connectivity index (χ0n) is 13.6. The predicted molar refractivity (Wildman–Crippen MR) is 92.2 cm³/mol. The fraction of sp³-hybridized carbons (Fsp3) is 0.158. The molecule has 1 aromatic heterocycles. The van der Waals surface area contributed by atoms with Crippen molar-refractivity contribution < 1.29 is 51.0 Å². The van der Waals surface area contributed by atoms with Gasteiger partial charge in [-0.3, -0.25) is 6.08 Å². The van der Waals surface area contributed by atoms with Gasteiger partial charge < -0.3 is 24.8 Å². The Balaban J connectivity index is 0.000000463. The fourth-order valence-corrected chi connectivity index (χ4v) is 3.72. The molecule has 1 aliphatic rings. The van der Waals surface area contributed by atoms with Crippen LogP contribution in [0.2, 0.25) is 0 Å². The van der Waals surface area contributed by atoms with E-state index in [1.807, 2.05) is 12.3 Å². The molecule has 0 spiro atoms. The molecule has 4 rings (SSSR count). The van der Waals surface area contributed by atoms with Gasteiger partial charge in [-0.1, -0.05) is 18.3 Å². The van der Waals surface area contributed by atoms with Crippen LogP contribution in [0, 0.1) is 6.08 Å². The summed E-state index contributed by atoms with van der Waals surface area (Å²) in [5.41, 5.74) is 2.71. The van der Waals surface area contributed by atoms with Gasteiger partial charge in [-0.2, -0.15) is 12.1 Å². The molecule has 1 nitrogen and oxygen atoms in total. The van der Waals surface area contributed by atoms with Crippen molar-refractivity contribution in [1.82, 2.24) is 4.75 Å². The maximum atomic E-state index is 4.43. The molecule has 0 N–H and O–H groups in total. The maximum Gasteiger partial charge on any atom is 4.00 e. The number of halogens is 2. The van der Waals surface area contributed by atoms with E-state index in [0.29, 0.717) is 0 Å². The molecule has 0 aliphatic heterocycles. The van der Waals surface area contributed by atoms with Gasteiger partial charge in [0.2, 0.25) is 0 Å². The Morgan fingerprint density at radius 1 is 1.12 bits per heavy atom. The number of hydrogen-bond acceptors (Lipinski definition) is 1. The number of hydrogen-bond donors (Lipinski definition) is 0. The normalized spacial score (nSPS) is 12.7. The van der Waals surface area contributed by atoms with E-state index >= 15 is 0 Å². The summed E-state index contributed by atoms with van der Waals surface area (Å²) < 4.78 is 4.43. The molecule has 1 aliphatic carbocycles. The number of benzene rings is 1. The van der Waals surface area contributed by atoms with Crippen LogP contribution in [-0.2, 0) is 26.2 Å². The van der Waals surface area contributed by atoms with Crippen molar-refractivity contribution in [3.8, 4) is 5.30 Å². The van der Waals surface area contributed by atoms with Crippen molar-refractivity contribution in [3.05, 3.63) is 77.8 Å². The van der Waals surface area contributed by atoms with E-state index in [4.69, 9.17) is 0 Å². The average Bonchev–Trinajstić information content (AvgIpc) is 3.21. The zero-order chi connectivity index (χ0) is 14.7. The second-order valence-corrected chi connectivity index (χ2v) is 6.92. The van der Waals surface area contributed by atoms with Crippen LogP contribution in [0.5, 0.6) is 0 Å². The first-order chi connectivity index (χ1) is 10.2. The smallest absolute Gasteiger partial charge is 1.00 e. The molecule has 0 saturated heterocycles. The maximum absolute atomic E-state index is 4.43. The number of allylic oxidation sites excluding steroid dienone is 4. The Kier molecular flexibility index (Phi) is 10.9. The van der Waals surface area contributed by atoms with E-state index in [9.17, 15) is 0 Å². The van der Waals surface area contributed by atoms with E-state index in [1.54, 1.807) is 0 Å². The molecular formula is C19H18Cl2NPZr. The van der Waals surface area contributed by atoms with E-state index in [1.165, 1.54) is 27.2 Å². The van der Waals surface area contributed by atoms with Gasteiger partial charge in [0.15, 0.2) is 0 Å². The van der Waals surface area contributed by atoms with Gasteiger partial charge in [-0.25, -0.2) is 15.9 Å². The summed E-state index contributed by atoms with van der Waals surface area (Å²) in [7, 11) is -0.398. The van der Waals surface area contributed by atoms with Crippen LogP contribution >= 0.6 is 7.69 Å². The standard InChI is InChI=1S/C12H9NP.C7H9.2ClH.Zr/c1-2-5-11-9-12(8-10(11)4-1)14-7-3-6-13-14;1-6-4-3-5-7(6)2;;;/h1-9H;4H,3H2,1-2H3;2*1H;/q2*-1;;;+4/p-2. The van der Waals surface area contributed by atoms with Crippen molar-refractivity contribution >= 4 is 18.5 Å². The first-order valence-electron chi connectivity index (χ1n) is 7.14. The summed E-state index contributed by atoms with van der Waals surface area (Å²) in [6.45, 7) is 4.22. The summed E-state index contributed by atoms with van der Waals surface area (Å²) in [5, 5.41) is 3.99. The third kappa shape index (κ3) is 5.78. The van der Waals surface area contributed by atoms with E-state index in [2.05, 4.69) is 72.9 Å². The zero-order valence-corrected chi connectivity index (χ0v) is 18.5. The second kappa shape index (κ2) is 11.2. The van der Waals surface area contributed by atoms with Crippen LogP contribution in [0.3, 0.4) is 0 Å². The van der Waals surface area contributed by atoms with Gasteiger partial charge in [0.05, 0.1) is 0 Å². The largest absolute Gasteiger partial charge is 4.00 e. The summed E-state index contributed by atoms with van der Waals surface area (Å²) in [4.78, 5) is 0. The molecule has 24 heavy (non-hydrogen) atoms. The second-order valence-electron chi connectivity index (χ2n) is 5.19. The minimum Gasteiger partial charge on any atom is -1.00 e. The van der Waals surface area contributed by atoms with Gasteiger partial charge >= 0.3 is 26.2 Å². The molecule has 0 amide bonds. The predicted octanol–water partition coefficient (Wildman–Crippen LogP) is 0.0209. The summed E-state index contributed by atoms with van der Waals surface area (Å²) in [6, 6.07) is 15.0. The molecule has 2 aromatic carbocycles. The summed E-state index contributed by atoms with van der Waals surface area (Å²) >= 11 is 0. The molecule has 1 heterocycles. The van der Waals surface area contributed by atoms with Crippen molar-refractivity contribution in [2.75, 3.05) is 0 Å². The Hall–Kier alpha value is -0.517. The Morgan fingerprint density at radius 2 is 1.88 bits per heavy atom. The molecule has 3 aromatic rings. The quantitative estimate of drug-likeness (QED) is 0.474. The van der Waals surface area contributed by atoms with Crippen LogP contribution in [0.4, 0.5) is 0 Å². The van der Waals surface area contributed by atoms with Crippen molar-refractivity contribution in [2.24, 2.45) is 0 Å². The third-order valence-electron chi connectivity index (χ3n) is 3.74. The first-order valence-corrected chi connectivity index (χ1v) is 8.50. The van der Waals surface area contributed by atoms with Gasteiger partial charge in [-0.05, 0) is 19.6 Å². The van der Waals surface area contributed by atoms with Crippen LogP contribution in [0.25, 0.3) is 16.1 Å². The van der Waals surface area contributed by atoms with Gasteiger partial charge in [-0.15, -0.1) is 48.4 Å². The fourth-order valence-electron chi connectivity index (χ4n) is 2.34. The Morgan fingerprint density at radius 3 is 2.38 bits per heavy atom. The minimum absolute atomic E-state index is 0. The third-order valence-corrected chi connectivity index (χ3v) is 5.36. The molecule has 1 unspecified atom stereocenters. The number of nitrogens with zero attached hydrogens (tertiary/aromatic N) is 1. The molecule has 0 bridgehead atoms. The van der Waals surface area contributed by atoms with E-state index in [-0.39, 0.29) is 51.0 Å². The van der Waals surface area contributed by atoms with Gasteiger partial charge in [0.1, 0.15) is 0 Å². The molecular weight excluding hydrogens is 435 g/mol. The van der Waals surface area contributed by atoms with Gasteiger partial charge in [0, 0.05) is 6.20 Å². The molecule has 0 saturated carbocycles. The molecule has 0 radical (unpaired) electrons. The van der Waals surface area contributed by atoms with Crippen molar-refractivity contribution in [3.63, 3.8) is 0 Å². The Bertz CT molecular complexity index is 755. The van der Waals surface area contributed by atoms with Crippen LogP contribution in [-0.4, -0.2) is 4.75 Å². The topological polar surface area (TPSA) is 12.9 Å². The van der Waals surface area contributed by atoms with Crippen LogP contribution < -0.4 is 24.8 Å². The first kappa shape index (κ1) is 23.5. The van der Waals surface area contributed by atoms with Crippen LogP contribution in [0.15, 0.2) is 71.7 Å².